The summed E-state index contributed by atoms with van der Waals surface area (Å²) in [5, 5.41) is 0. The van der Waals surface area contributed by atoms with Crippen molar-refractivity contribution in [3.8, 4) is 0 Å². The normalized spacial score (nSPS) is 11.8. The molecule has 0 bridgehead atoms. The van der Waals surface area contributed by atoms with Gasteiger partial charge in [-0.25, -0.2) is 0 Å². The summed E-state index contributed by atoms with van der Waals surface area (Å²) >= 11 is 17.7. The second kappa shape index (κ2) is 11.0. The zero-order valence-electron chi connectivity index (χ0n) is 21.6. The first-order chi connectivity index (χ1) is 15.5. The Morgan fingerprint density at radius 2 is 0.771 bits per heavy atom. The van der Waals surface area contributed by atoms with Gasteiger partial charge >= 0.3 is 7.12 Å². The van der Waals surface area contributed by atoms with Crippen molar-refractivity contribution in [2.45, 2.75) is 78.9 Å². The SMILES string of the molecule is CC(C)(C)n1ccn(B(n2ccn(C(C)(C)C)c2=S)n2ccn(C(C)(C)C)c2=S)c1=S.[N-]=[N+]=[N-].[Ni]. The minimum Gasteiger partial charge on any atom is -0.373 e. The van der Waals surface area contributed by atoms with Crippen LogP contribution in [0.5, 0.6) is 0 Å². The van der Waals surface area contributed by atoms with E-state index in [9.17, 15) is 0 Å². The van der Waals surface area contributed by atoms with E-state index in [1.54, 1.807) is 0 Å². The van der Waals surface area contributed by atoms with Crippen molar-refractivity contribution < 1.29 is 16.5 Å². The summed E-state index contributed by atoms with van der Waals surface area (Å²) < 4.78 is 14.6. The zero-order valence-corrected chi connectivity index (χ0v) is 25.0. The molecule has 0 aliphatic rings. The van der Waals surface area contributed by atoms with Gasteiger partial charge in [0.1, 0.15) is 0 Å². The molecule has 0 aliphatic carbocycles. The summed E-state index contributed by atoms with van der Waals surface area (Å²) in [6.45, 7) is 19.3. The van der Waals surface area contributed by atoms with E-state index in [-0.39, 0.29) is 40.2 Å². The minimum absolute atomic E-state index is 0. The van der Waals surface area contributed by atoms with Crippen LogP contribution >= 0.6 is 36.7 Å². The van der Waals surface area contributed by atoms with E-state index < -0.39 is 0 Å². The van der Waals surface area contributed by atoms with E-state index in [4.69, 9.17) is 47.7 Å². The van der Waals surface area contributed by atoms with Crippen LogP contribution in [0.1, 0.15) is 62.3 Å². The second-order valence-corrected chi connectivity index (χ2v) is 12.1. The topological polar surface area (TPSA) is 88.3 Å². The number of rotatable bonds is 3. The minimum atomic E-state index is -0.344. The predicted octanol–water partition coefficient (Wildman–Crippen LogP) is 6.74. The molecule has 0 unspecified atom stereocenters. The summed E-state index contributed by atoms with van der Waals surface area (Å²) in [5.41, 5.74) is 13.1. The van der Waals surface area contributed by atoms with E-state index >= 15 is 0 Å². The Kier molecular flexibility index (Phi) is 9.85. The van der Waals surface area contributed by atoms with Gasteiger partial charge in [-0.2, -0.15) is 0 Å². The Hall–Kier alpha value is -1.84. The molecule has 0 N–H and O–H groups in total. The molecule has 0 aromatic carbocycles. The first-order valence-corrected chi connectivity index (χ1v) is 12.1. The molecule has 0 aliphatic heterocycles. The average molecular weight is 577 g/mol. The predicted molar refractivity (Wildman–Crippen MR) is 147 cm³/mol. The molecule has 0 saturated carbocycles. The van der Waals surface area contributed by atoms with Crippen LogP contribution in [0.3, 0.4) is 0 Å². The third-order valence-electron chi connectivity index (χ3n) is 5.32. The van der Waals surface area contributed by atoms with Crippen LogP contribution in [0.4, 0.5) is 0 Å². The summed E-state index contributed by atoms with van der Waals surface area (Å²) in [5.74, 6) is 0. The molecule has 0 fully saturated rings. The van der Waals surface area contributed by atoms with Gasteiger partial charge < -0.3 is 38.2 Å². The molecule has 0 saturated heterocycles. The standard InChI is InChI=1S/C21H33BN6S3.N3.Ni/c1-19(2,3)23-10-13-26(16(23)29)22(27-14-11-24(17(27)30)20(4,5)6)28-15-12-25(18(28)31)21(7,8)9;1-3-2;/h10-15H,1-9H3;;/q;-1;. The summed E-state index contributed by atoms with van der Waals surface area (Å²) in [7, 11) is -0.344. The summed E-state index contributed by atoms with van der Waals surface area (Å²) in [6, 6.07) is 0. The molecular weight excluding hydrogens is 544 g/mol. The van der Waals surface area contributed by atoms with Crippen LogP contribution in [-0.2, 0) is 33.1 Å². The monoisotopic (exact) mass is 576 g/mol. The Morgan fingerprint density at radius 1 is 0.571 bits per heavy atom. The van der Waals surface area contributed by atoms with Crippen LogP contribution in [0.15, 0.2) is 37.2 Å². The maximum Gasteiger partial charge on any atom is 0.523 e. The molecule has 3 heterocycles. The largest absolute Gasteiger partial charge is 0.523 e. The molecule has 3 aromatic heterocycles. The van der Waals surface area contributed by atoms with Gasteiger partial charge in [-0.3, -0.25) is 4.91 Å². The number of hydrogen-bond donors (Lipinski definition) is 0. The van der Waals surface area contributed by atoms with Crippen molar-refractivity contribution in [3.63, 3.8) is 0 Å². The third-order valence-corrected chi connectivity index (χ3v) is 6.55. The molecule has 9 nitrogen and oxygen atoms in total. The number of nitrogens with zero attached hydrogens (tertiary/aromatic N) is 9. The van der Waals surface area contributed by atoms with Crippen molar-refractivity contribution in [2.75, 3.05) is 0 Å². The molecule has 0 spiro atoms. The van der Waals surface area contributed by atoms with E-state index in [1.807, 2.05) is 37.2 Å². The van der Waals surface area contributed by atoms with Gasteiger partial charge in [0.2, 0.25) is 0 Å². The fraction of sp³-hybridized carbons (Fsp3) is 0.571. The molecule has 0 atom stereocenters. The first kappa shape index (κ1) is 31.2. The van der Waals surface area contributed by atoms with Crippen LogP contribution in [-0.4, -0.2) is 34.3 Å². The van der Waals surface area contributed by atoms with Gasteiger partial charge in [-0.05, 0) is 99.0 Å². The summed E-state index contributed by atoms with van der Waals surface area (Å²) in [6.07, 6.45) is 12.2. The molecule has 3 rings (SSSR count). The molecule has 14 heteroatoms. The Morgan fingerprint density at radius 3 is 0.914 bits per heavy atom. The summed E-state index contributed by atoms with van der Waals surface area (Å²) in [4.78, 5) is 1.50. The maximum atomic E-state index is 6.75. The Labute approximate surface area is 232 Å². The third kappa shape index (κ3) is 6.49. The number of imidazole rings is 3. The molecule has 0 amide bonds. The smallest absolute Gasteiger partial charge is 0.373 e. The fourth-order valence-electron chi connectivity index (χ4n) is 3.63. The average Bonchev–Trinajstić information content (AvgIpc) is 3.34. The van der Waals surface area contributed by atoms with Crippen molar-refractivity contribution in [3.05, 3.63) is 67.5 Å². The van der Waals surface area contributed by atoms with Gasteiger partial charge in [0.25, 0.3) is 0 Å². The van der Waals surface area contributed by atoms with Crippen LogP contribution in [0.25, 0.3) is 16.0 Å². The number of hydrogen-bond acceptors (Lipinski definition) is 3. The fourth-order valence-corrected chi connectivity index (χ4v) is 5.10. The van der Waals surface area contributed by atoms with Gasteiger partial charge in [0, 0.05) is 70.3 Å². The van der Waals surface area contributed by atoms with Crippen molar-refractivity contribution >= 4 is 43.8 Å². The maximum absolute atomic E-state index is 6.75. The van der Waals surface area contributed by atoms with Crippen molar-refractivity contribution in [1.29, 1.82) is 0 Å². The van der Waals surface area contributed by atoms with Gasteiger partial charge in [0.05, 0.1) is 0 Å². The molecule has 0 radical (unpaired) electrons. The van der Waals surface area contributed by atoms with E-state index in [2.05, 4.69) is 89.4 Å². The van der Waals surface area contributed by atoms with Crippen LogP contribution in [0.2, 0.25) is 0 Å². The molecular formula is C21H33BN9NiS3-. The van der Waals surface area contributed by atoms with Gasteiger partial charge in [-0.1, -0.05) is 0 Å². The van der Waals surface area contributed by atoms with Crippen molar-refractivity contribution in [2.24, 2.45) is 0 Å². The van der Waals surface area contributed by atoms with Crippen molar-refractivity contribution in [1.82, 2.24) is 27.1 Å². The van der Waals surface area contributed by atoms with E-state index in [0.717, 1.165) is 0 Å². The molecule has 35 heavy (non-hydrogen) atoms. The van der Waals surface area contributed by atoms with Crippen LogP contribution in [0, 0.1) is 14.3 Å². The second-order valence-electron chi connectivity index (χ2n) is 11.0. The van der Waals surface area contributed by atoms with E-state index in [0.29, 0.717) is 14.3 Å². The van der Waals surface area contributed by atoms with Gasteiger partial charge in [-0.15, -0.1) is 0 Å². The van der Waals surface area contributed by atoms with Crippen LogP contribution < -0.4 is 0 Å². The molecule has 3 aromatic rings. The Balaban J connectivity index is 0.00000145. The zero-order chi connectivity index (χ0) is 26.2. The van der Waals surface area contributed by atoms with Gasteiger partial charge in [0.15, 0.2) is 14.3 Å². The Bertz CT molecular complexity index is 1200. The number of aromatic nitrogens is 6. The quantitative estimate of drug-likeness (QED) is 0.114. The van der Waals surface area contributed by atoms with E-state index in [1.165, 1.54) is 4.91 Å². The molecule has 194 valence electrons. The first-order valence-electron chi connectivity index (χ1n) is 10.8.